The lowest BCUT2D eigenvalue weighted by Crippen LogP contribution is -2.20. The number of benzene rings is 2. The first kappa shape index (κ1) is 13.0. The fourth-order valence-electron chi connectivity index (χ4n) is 1.78. The summed E-state index contributed by atoms with van der Waals surface area (Å²) in [4.78, 5) is 10.7. The highest BCUT2D eigenvalue weighted by Crippen LogP contribution is 2.20. The summed E-state index contributed by atoms with van der Waals surface area (Å²) >= 11 is 0. The Bertz CT molecular complexity index is 665. The second-order valence-corrected chi connectivity index (χ2v) is 4.28. The predicted molar refractivity (Wildman–Crippen MR) is 75.8 cm³/mol. The van der Waals surface area contributed by atoms with Crippen LogP contribution >= 0.6 is 0 Å². The largest absolute Gasteiger partial charge is 0.508 e. The number of amides is 1. The van der Waals surface area contributed by atoms with Crippen molar-refractivity contribution >= 4 is 16.7 Å². The third kappa shape index (κ3) is 3.75. The molecule has 1 amide bonds. The molecule has 0 saturated heterocycles. The number of aromatic hydroxyl groups is 1. The predicted octanol–water partition coefficient (Wildman–Crippen LogP) is 2.42. The molecule has 0 aliphatic carbocycles. The molecular weight excluding hydrogens is 238 g/mol. The summed E-state index contributed by atoms with van der Waals surface area (Å²) in [7, 11) is 0. The number of phenols is 1. The van der Waals surface area contributed by atoms with Crippen LogP contribution in [0.25, 0.3) is 10.8 Å². The number of hydrogen-bond donors (Lipinski definition) is 2. The van der Waals surface area contributed by atoms with Crippen molar-refractivity contribution < 1.29 is 9.90 Å². The SMILES string of the molecule is CC(=O)NCCC#Cc1ccc2cc(O)ccc2c1. The van der Waals surface area contributed by atoms with Gasteiger partial charge in [0.25, 0.3) is 0 Å². The van der Waals surface area contributed by atoms with Crippen LogP contribution in [0.15, 0.2) is 36.4 Å². The average Bonchev–Trinajstić information content (AvgIpc) is 2.38. The molecule has 2 aromatic carbocycles. The molecule has 0 atom stereocenters. The Morgan fingerprint density at radius 1 is 1.21 bits per heavy atom. The topological polar surface area (TPSA) is 49.3 Å². The van der Waals surface area contributed by atoms with Crippen molar-refractivity contribution in [3.8, 4) is 17.6 Å². The fraction of sp³-hybridized carbons (Fsp3) is 0.188. The van der Waals surface area contributed by atoms with Crippen LogP contribution in [0.4, 0.5) is 0 Å². The summed E-state index contributed by atoms with van der Waals surface area (Å²) in [5.41, 5.74) is 0.931. The minimum Gasteiger partial charge on any atom is -0.508 e. The molecule has 2 N–H and O–H groups in total. The Kier molecular flexibility index (Phi) is 4.04. The second kappa shape index (κ2) is 5.92. The van der Waals surface area contributed by atoms with Crippen molar-refractivity contribution in [2.45, 2.75) is 13.3 Å². The van der Waals surface area contributed by atoms with Crippen molar-refractivity contribution in [2.24, 2.45) is 0 Å². The Morgan fingerprint density at radius 3 is 2.74 bits per heavy atom. The van der Waals surface area contributed by atoms with Gasteiger partial charge in [-0.1, -0.05) is 24.0 Å². The van der Waals surface area contributed by atoms with Crippen molar-refractivity contribution in [1.82, 2.24) is 5.32 Å². The lowest BCUT2D eigenvalue weighted by Gasteiger charge is -1.99. The highest BCUT2D eigenvalue weighted by Gasteiger charge is 1.96. The van der Waals surface area contributed by atoms with Gasteiger partial charge in [0.05, 0.1) is 0 Å². The van der Waals surface area contributed by atoms with Gasteiger partial charge in [-0.2, -0.15) is 0 Å². The monoisotopic (exact) mass is 253 g/mol. The minimum absolute atomic E-state index is 0.0349. The zero-order chi connectivity index (χ0) is 13.7. The molecule has 0 aromatic heterocycles. The summed E-state index contributed by atoms with van der Waals surface area (Å²) in [5.74, 6) is 6.31. The number of phenolic OH excluding ortho intramolecular Hbond substituents is 1. The first-order valence-electron chi connectivity index (χ1n) is 6.11. The van der Waals surface area contributed by atoms with Crippen LogP contribution in [0.5, 0.6) is 5.75 Å². The van der Waals surface area contributed by atoms with Crippen LogP contribution in [0.1, 0.15) is 18.9 Å². The first-order valence-corrected chi connectivity index (χ1v) is 6.11. The summed E-state index contributed by atoms with van der Waals surface area (Å²) < 4.78 is 0. The van der Waals surface area contributed by atoms with Gasteiger partial charge in [0.1, 0.15) is 5.75 Å². The van der Waals surface area contributed by atoms with Gasteiger partial charge in [-0.25, -0.2) is 0 Å². The third-order valence-electron chi connectivity index (χ3n) is 2.68. The third-order valence-corrected chi connectivity index (χ3v) is 2.68. The van der Waals surface area contributed by atoms with E-state index < -0.39 is 0 Å². The smallest absolute Gasteiger partial charge is 0.216 e. The number of carbonyl (C=O) groups is 1. The molecule has 0 unspecified atom stereocenters. The molecule has 0 heterocycles. The zero-order valence-corrected chi connectivity index (χ0v) is 10.7. The van der Waals surface area contributed by atoms with E-state index in [1.165, 1.54) is 6.92 Å². The van der Waals surface area contributed by atoms with Gasteiger partial charge < -0.3 is 10.4 Å². The van der Waals surface area contributed by atoms with Gasteiger partial charge in [0, 0.05) is 25.5 Å². The number of carbonyl (C=O) groups excluding carboxylic acids is 1. The first-order chi connectivity index (χ1) is 9.15. The van der Waals surface area contributed by atoms with E-state index in [1.807, 2.05) is 24.3 Å². The zero-order valence-electron chi connectivity index (χ0n) is 10.7. The fourth-order valence-corrected chi connectivity index (χ4v) is 1.78. The van der Waals surface area contributed by atoms with Gasteiger partial charge in [-0.15, -0.1) is 0 Å². The molecule has 0 aliphatic rings. The van der Waals surface area contributed by atoms with Gasteiger partial charge in [-0.05, 0) is 35.0 Å². The Labute approximate surface area is 112 Å². The number of fused-ring (bicyclic) bond motifs is 1. The van der Waals surface area contributed by atoms with E-state index in [4.69, 9.17) is 0 Å². The van der Waals surface area contributed by atoms with E-state index >= 15 is 0 Å². The molecule has 0 bridgehead atoms. The number of hydrogen-bond acceptors (Lipinski definition) is 2. The standard InChI is InChI=1S/C16H15NO2/c1-12(18)17-9-3-2-4-13-5-6-15-11-16(19)8-7-14(15)10-13/h5-8,10-11,19H,3,9H2,1H3,(H,17,18). The maximum absolute atomic E-state index is 10.7. The second-order valence-electron chi connectivity index (χ2n) is 4.28. The van der Waals surface area contributed by atoms with Crippen molar-refractivity contribution in [3.05, 3.63) is 42.0 Å². The van der Waals surface area contributed by atoms with E-state index in [1.54, 1.807) is 12.1 Å². The van der Waals surface area contributed by atoms with Crippen LogP contribution in [0, 0.1) is 11.8 Å². The summed E-state index contributed by atoms with van der Waals surface area (Å²) in [6.07, 6.45) is 0.632. The molecule has 96 valence electrons. The summed E-state index contributed by atoms with van der Waals surface area (Å²) in [6, 6.07) is 11.1. The molecule has 0 fully saturated rings. The van der Waals surface area contributed by atoms with E-state index in [9.17, 15) is 9.90 Å². The molecule has 3 heteroatoms. The molecule has 0 radical (unpaired) electrons. The van der Waals surface area contributed by atoms with E-state index in [0.717, 1.165) is 16.3 Å². The van der Waals surface area contributed by atoms with Crippen molar-refractivity contribution in [1.29, 1.82) is 0 Å². The van der Waals surface area contributed by atoms with Gasteiger partial charge in [-0.3, -0.25) is 4.79 Å². The average molecular weight is 253 g/mol. The van der Waals surface area contributed by atoms with Crippen LogP contribution in [0.3, 0.4) is 0 Å². The number of rotatable bonds is 2. The van der Waals surface area contributed by atoms with Crippen molar-refractivity contribution in [2.75, 3.05) is 6.54 Å². The highest BCUT2D eigenvalue weighted by atomic mass is 16.3. The Balaban J connectivity index is 2.07. The maximum Gasteiger partial charge on any atom is 0.216 e. The van der Waals surface area contributed by atoms with Crippen LogP contribution < -0.4 is 5.32 Å². The number of nitrogens with one attached hydrogen (secondary N) is 1. The van der Waals surface area contributed by atoms with Crippen LogP contribution in [-0.4, -0.2) is 17.6 Å². The molecule has 0 saturated carbocycles. The lowest BCUT2D eigenvalue weighted by molar-refractivity contribution is -0.118. The molecule has 19 heavy (non-hydrogen) atoms. The Morgan fingerprint density at radius 2 is 1.95 bits per heavy atom. The summed E-state index contributed by atoms with van der Waals surface area (Å²) in [5, 5.41) is 14.1. The quantitative estimate of drug-likeness (QED) is 0.638. The lowest BCUT2D eigenvalue weighted by atomic mass is 10.1. The van der Waals surface area contributed by atoms with Gasteiger partial charge in [0.2, 0.25) is 5.91 Å². The summed E-state index contributed by atoms with van der Waals surface area (Å²) in [6.45, 7) is 2.07. The van der Waals surface area contributed by atoms with Gasteiger partial charge >= 0.3 is 0 Å². The highest BCUT2D eigenvalue weighted by molar-refractivity contribution is 5.85. The van der Waals surface area contributed by atoms with Crippen LogP contribution in [0.2, 0.25) is 0 Å². The molecule has 0 spiro atoms. The van der Waals surface area contributed by atoms with Crippen LogP contribution in [-0.2, 0) is 4.79 Å². The van der Waals surface area contributed by atoms with E-state index in [2.05, 4.69) is 17.2 Å². The molecule has 0 aliphatic heterocycles. The Hall–Kier alpha value is -2.47. The molecule has 2 aromatic rings. The molecule has 2 rings (SSSR count). The van der Waals surface area contributed by atoms with Crippen molar-refractivity contribution in [3.63, 3.8) is 0 Å². The maximum atomic E-state index is 10.7. The van der Waals surface area contributed by atoms with Gasteiger partial charge in [0.15, 0.2) is 0 Å². The minimum atomic E-state index is -0.0349. The van der Waals surface area contributed by atoms with E-state index in [-0.39, 0.29) is 11.7 Å². The molecular formula is C16H15NO2. The van der Waals surface area contributed by atoms with E-state index in [0.29, 0.717) is 13.0 Å². The normalized spacial score (nSPS) is 9.74. The molecule has 3 nitrogen and oxygen atoms in total.